The number of hydrogen-bond acceptors (Lipinski definition) is 3. The molecular formula is C12H13ClN2O2. The Balaban J connectivity index is 2.69. The molecule has 0 radical (unpaired) electrons. The van der Waals surface area contributed by atoms with E-state index in [1.165, 1.54) is 6.07 Å². The second-order valence-electron chi connectivity index (χ2n) is 3.53. The zero-order valence-electron chi connectivity index (χ0n) is 9.71. The molecular weight excluding hydrogens is 240 g/mol. The van der Waals surface area contributed by atoms with E-state index in [-0.39, 0.29) is 0 Å². The average Bonchev–Trinajstić information content (AvgIpc) is 2.32. The van der Waals surface area contributed by atoms with Gasteiger partial charge in [0, 0.05) is 6.54 Å². The Hall–Kier alpha value is -1.73. The number of ether oxygens (including phenoxy) is 1. The normalized spacial score (nSPS) is 9.53. The molecule has 0 unspecified atom stereocenters. The van der Waals surface area contributed by atoms with E-state index in [1.807, 2.05) is 19.1 Å². The number of aryl methyl sites for hydroxylation is 1. The van der Waals surface area contributed by atoms with Crippen molar-refractivity contribution in [1.82, 2.24) is 5.32 Å². The van der Waals surface area contributed by atoms with E-state index in [9.17, 15) is 4.79 Å². The fourth-order valence-electron chi connectivity index (χ4n) is 1.47. The van der Waals surface area contributed by atoms with Gasteiger partial charge in [-0.15, -0.1) is 0 Å². The Kier molecular flexibility index (Phi) is 4.80. The van der Waals surface area contributed by atoms with Crippen molar-refractivity contribution < 1.29 is 9.53 Å². The highest BCUT2D eigenvalue weighted by molar-refractivity contribution is 6.32. The number of nitrogens with zero attached hydrogens (tertiary/aromatic N) is 1. The van der Waals surface area contributed by atoms with Crippen molar-refractivity contribution in [2.45, 2.75) is 13.3 Å². The highest BCUT2D eigenvalue weighted by Gasteiger charge is 2.06. The molecule has 0 saturated heterocycles. The molecule has 0 aliphatic heterocycles. The van der Waals surface area contributed by atoms with Gasteiger partial charge in [0.2, 0.25) is 0 Å². The quantitative estimate of drug-likeness (QED) is 0.832. The molecule has 90 valence electrons. The molecule has 0 atom stereocenters. The molecule has 0 aliphatic carbocycles. The van der Waals surface area contributed by atoms with Crippen molar-refractivity contribution in [1.29, 1.82) is 5.26 Å². The van der Waals surface area contributed by atoms with Crippen molar-refractivity contribution in [2.75, 3.05) is 13.7 Å². The van der Waals surface area contributed by atoms with Crippen LogP contribution in [-0.2, 0) is 11.2 Å². The fourth-order valence-corrected chi connectivity index (χ4v) is 1.74. The Morgan fingerprint density at radius 2 is 2.29 bits per heavy atom. The van der Waals surface area contributed by atoms with Crippen LogP contribution in [0.15, 0.2) is 12.1 Å². The van der Waals surface area contributed by atoms with Gasteiger partial charge in [-0.05, 0) is 36.6 Å². The van der Waals surface area contributed by atoms with Crippen LogP contribution in [-0.4, -0.2) is 19.6 Å². The fraction of sp³-hybridized carbons (Fsp3) is 0.333. The van der Waals surface area contributed by atoms with Crippen molar-refractivity contribution in [2.24, 2.45) is 0 Å². The minimum absolute atomic E-state index is 0.413. The van der Waals surface area contributed by atoms with Gasteiger partial charge in [0.15, 0.2) is 6.07 Å². The first kappa shape index (κ1) is 13.3. The van der Waals surface area contributed by atoms with Gasteiger partial charge in [-0.25, -0.2) is 0 Å². The number of carbonyl (C=O) groups is 1. The number of nitriles is 1. The minimum Gasteiger partial charge on any atom is -0.495 e. The molecule has 1 aromatic rings. The average molecular weight is 253 g/mol. The first-order valence-electron chi connectivity index (χ1n) is 5.09. The number of carbonyl (C=O) groups excluding carboxylic acids is 1. The van der Waals surface area contributed by atoms with Gasteiger partial charge in [-0.3, -0.25) is 4.79 Å². The maximum Gasteiger partial charge on any atom is 0.322 e. The Bertz CT molecular complexity index is 466. The number of amides is 1. The summed E-state index contributed by atoms with van der Waals surface area (Å²) in [7, 11) is 1.56. The molecule has 0 fully saturated rings. The standard InChI is InChI=1S/C12H13ClN2O2/c1-8-5-11(17-2)10(13)6-9(8)3-4-15-12(16)7-14/h5-6H,3-4H2,1-2H3,(H,15,16). The summed E-state index contributed by atoms with van der Waals surface area (Å²) in [4.78, 5) is 10.7. The number of nitrogens with one attached hydrogen (secondary N) is 1. The van der Waals surface area contributed by atoms with Crippen LogP contribution in [0.1, 0.15) is 11.1 Å². The van der Waals surface area contributed by atoms with Gasteiger partial charge < -0.3 is 10.1 Å². The van der Waals surface area contributed by atoms with Gasteiger partial charge >= 0.3 is 5.91 Å². The topological polar surface area (TPSA) is 62.1 Å². The summed E-state index contributed by atoms with van der Waals surface area (Å²) < 4.78 is 5.10. The molecule has 1 amide bonds. The molecule has 1 aromatic carbocycles. The third-order valence-electron chi connectivity index (χ3n) is 2.39. The Morgan fingerprint density at radius 1 is 1.59 bits per heavy atom. The van der Waals surface area contributed by atoms with Crippen LogP contribution >= 0.6 is 11.6 Å². The van der Waals surface area contributed by atoms with Crippen LogP contribution < -0.4 is 10.1 Å². The van der Waals surface area contributed by atoms with Crippen molar-refractivity contribution in [3.8, 4) is 11.8 Å². The number of halogens is 1. The zero-order chi connectivity index (χ0) is 12.8. The van der Waals surface area contributed by atoms with Crippen molar-refractivity contribution in [3.05, 3.63) is 28.3 Å². The summed E-state index contributed by atoms with van der Waals surface area (Å²) >= 11 is 6.01. The van der Waals surface area contributed by atoms with E-state index in [1.54, 1.807) is 7.11 Å². The van der Waals surface area contributed by atoms with Crippen molar-refractivity contribution >= 4 is 17.5 Å². The lowest BCUT2D eigenvalue weighted by molar-refractivity contribution is -0.115. The van der Waals surface area contributed by atoms with Crippen LogP contribution in [0.3, 0.4) is 0 Å². The van der Waals surface area contributed by atoms with Crippen LogP contribution in [0.25, 0.3) is 0 Å². The number of benzene rings is 1. The second-order valence-corrected chi connectivity index (χ2v) is 3.94. The molecule has 1 rings (SSSR count). The molecule has 0 aliphatic rings. The first-order chi connectivity index (χ1) is 8.08. The summed E-state index contributed by atoms with van der Waals surface area (Å²) in [6, 6.07) is 5.16. The summed E-state index contributed by atoms with van der Waals surface area (Å²) in [6.07, 6.45) is 0.628. The lowest BCUT2D eigenvalue weighted by atomic mass is 10.1. The van der Waals surface area contributed by atoms with E-state index >= 15 is 0 Å². The van der Waals surface area contributed by atoms with E-state index in [0.29, 0.717) is 23.7 Å². The molecule has 0 bridgehead atoms. The SMILES string of the molecule is COc1cc(C)c(CCNC(=O)C#N)cc1Cl. The smallest absolute Gasteiger partial charge is 0.322 e. The van der Waals surface area contributed by atoms with Gasteiger partial charge in [0.25, 0.3) is 0 Å². The molecule has 4 nitrogen and oxygen atoms in total. The summed E-state index contributed by atoms with van der Waals surface area (Å²) in [5, 5.41) is 11.3. The Morgan fingerprint density at radius 3 is 2.88 bits per heavy atom. The summed E-state index contributed by atoms with van der Waals surface area (Å²) in [5.74, 6) is 0.0104. The molecule has 1 N–H and O–H groups in total. The van der Waals surface area contributed by atoms with Gasteiger partial charge in [-0.2, -0.15) is 5.26 Å². The minimum atomic E-state index is -0.623. The lowest BCUT2D eigenvalue weighted by Crippen LogP contribution is -2.23. The molecule has 0 saturated carbocycles. The highest BCUT2D eigenvalue weighted by Crippen LogP contribution is 2.27. The lowest BCUT2D eigenvalue weighted by Gasteiger charge is -2.10. The third-order valence-corrected chi connectivity index (χ3v) is 2.69. The van der Waals surface area contributed by atoms with Gasteiger partial charge in [0.1, 0.15) is 5.75 Å². The first-order valence-corrected chi connectivity index (χ1v) is 5.47. The van der Waals surface area contributed by atoms with E-state index in [4.69, 9.17) is 21.6 Å². The maximum atomic E-state index is 10.7. The third kappa shape index (κ3) is 3.65. The highest BCUT2D eigenvalue weighted by atomic mass is 35.5. The van der Waals surface area contributed by atoms with Gasteiger partial charge in [0.05, 0.1) is 12.1 Å². The molecule has 0 heterocycles. The van der Waals surface area contributed by atoms with Crippen LogP contribution in [0.4, 0.5) is 0 Å². The number of hydrogen-bond donors (Lipinski definition) is 1. The number of methoxy groups -OCH3 is 1. The predicted molar refractivity (Wildman–Crippen MR) is 65.1 cm³/mol. The largest absolute Gasteiger partial charge is 0.495 e. The monoisotopic (exact) mass is 252 g/mol. The van der Waals surface area contributed by atoms with E-state index < -0.39 is 5.91 Å². The maximum absolute atomic E-state index is 10.7. The molecule has 5 heteroatoms. The van der Waals surface area contributed by atoms with Crippen LogP contribution in [0, 0.1) is 18.3 Å². The van der Waals surface area contributed by atoms with E-state index in [0.717, 1.165) is 11.1 Å². The predicted octanol–water partition coefficient (Wildman–Crippen LogP) is 1.84. The summed E-state index contributed by atoms with van der Waals surface area (Å²) in [6.45, 7) is 2.36. The second kappa shape index (κ2) is 6.12. The summed E-state index contributed by atoms with van der Waals surface area (Å²) in [5.41, 5.74) is 2.06. The Labute approximate surface area is 105 Å². The van der Waals surface area contributed by atoms with Crippen LogP contribution in [0.2, 0.25) is 5.02 Å². The molecule has 0 aromatic heterocycles. The van der Waals surface area contributed by atoms with Gasteiger partial charge in [-0.1, -0.05) is 11.6 Å². The zero-order valence-corrected chi connectivity index (χ0v) is 10.5. The molecule has 17 heavy (non-hydrogen) atoms. The van der Waals surface area contributed by atoms with Crippen LogP contribution in [0.5, 0.6) is 5.75 Å². The number of rotatable bonds is 4. The van der Waals surface area contributed by atoms with E-state index in [2.05, 4.69) is 5.32 Å². The molecule has 0 spiro atoms. The van der Waals surface area contributed by atoms with Crippen molar-refractivity contribution in [3.63, 3.8) is 0 Å².